The Labute approximate surface area is 134 Å². The van der Waals surface area contributed by atoms with Crippen LogP contribution < -0.4 is 5.32 Å². The topological polar surface area (TPSA) is 45.1 Å². The fourth-order valence-corrected chi connectivity index (χ4v) is 4.42. The molecule has 1 unspecified atom stereocenters. The van der Waals surface area contributed by atoms with E-state index in [2.05, 4.69) is 17.4 Å². The van der Waals surface area contributed by atoms with Crippen molar-refractivity contribution in [2.75, 3.05) is 5.32 Å². The van der Waals surface area contributed by atoms with E-state index in [1.807, 2.05) is 30.4 Å². The van der Waals surface area contributed by atoms with E-state index in [4.69, 9.17) is 10.1 Å². The molecule has 0 radical (unpaired) electrons. The normalized spacial score (nSPS) is 20.2. The van der Waals surface area contributed by atoms with E-state index in [1.165, 1.54) is 23.3 Å². The van der Waals surface area contributed by atoms with Gasteiger partial charge in [0.2, 0.25) is 5.90 Å². The number of nitrogens with one attached hydrogen (secondary N) is 2. The zero-order valence-corrected chi connectivity index (χ0v) is 13.1. The van der Waals surface area contributed by atoms with Gasteiger partial charge in [0.25, 0.3) is 0 Å². The van der Waals surface area contributed by atoms with E-state index >= 15 is 0 Å². The SMILES string of the molecule is N=C1OC(/C=C/c2ccccc2)Nc2sc3c(c21)CCCC3. The number of anilines is 1. The van der Waals surface area contributed by atoms with Crippen LogP contribution in [0, 0.1) is 5.41 Å². The lowest BCUT2D eigenvalue weighted by atomic mass is 9.95. The zero-order chi connectivity index (χ0) is 14.9. The van der Waals surface area contributed by atoms with E-state index in [1.54, 1.807) is 11.3 Å². The summed E-state index contributed by atoms with van der Waals surface area (Å²) in [7, 11) is 0. The van der Waals surface area contributed by atoms with Crippen molar-refractivity contribution in [3.05, 3.63) is 58.0 Å². The smallest absolute Gasteiger partial charge is 0.218 e. The second-order valence-corrected chi connectivity index (χ2v) is 6.80. The molecule has 22 heavy (non-hydrogen) atoms. The number of hydrogen-bond donors (Lipinski definition) is 2. The number of thiophene rings is 1. The zero-order valence-electron chi connectivity index (χ0n) is 12.3. The molecule has 4 rings (SSSR count). The number of benzene rings is 1. The molecular weight excluding hydrogens is 292 g/mol. The predicted octanol–water partition coefficient (Wildman–Crippen LogP) is 4.43. The first-order valence-corrected chi connectivity index (χ1v) is 8.53. The molecule has 112 valence electrons. The number of ether oxygens (including phenoxy) is 1. The van der Waals surface area contributed by atoms with Crippen molar-refractivity contribution in [1.29, 1.82) is 5.41 Å². The second-order valence-electron chi connectivity index (χ2n) is 5.70. The molecule has 2 aliphatic rings. The summed E-state index contributed by atoms with van der Waals surface area (Å²) in [6.45, 7) is 0. The Kier molecular flexibility index (Phi) is 3.47. The molecule has 2 heterocycles. The Morgan fingerprint density at radius 1 is 1.18 bits per heavy atom. The van der Waals surface area contributed by atoms with Gasteiger partial charge in [-0.2, -0.15) is 0 Å². The highest BCUT2D eigenvalue weighted by Crippen LogP contribution is 2.40. The largest absolute Gasteiger partial charge is 0.450 e. The van der Waals surface area contributed by atoms with Crippen LogP contribution in [0.25, 0.3) is 6.08 Å². The molecule has 1 atom stereocenters. The lowest BCUT2D eigenvalue weighted by Crippen LogP contribution is -2.30. The van der Waals surface area contributed by atoms with Crippen molar-refractivity contribution >= 4 is 28.3 Å². The average Bonchev–Trinajstić information content (AvgIpc) is 2.92. The van der Waals surface area contributed by atoms with E-state index in [9.17, 15) is 0 Å². The second kappa shape index (κ2) is 5.61. The fourth-order valence-electron chi connectivity index (χ4n) is 3.10. The summed E-state index contributed by atoms with van der Waals surface area (Å²) in [4.78, 5) is 1.43. The Bertz CT molecular complexity index is 733. The van der Waals surface area contributed by atoms with Gasteiger partial charge in [-0.25, -0.2) is 0 Å². The van der Waals surface area contributed by atoms with Gasteiger partial charge in [-0.15, -0.1) is 11.3 Å². The van der Waals surface area contributed by atoms with E-state index < -0.39 is 0 Å². The van der Waals surface area contributed by atoms with Crippen LogP contribution in [0.5, 0.6) is 0 Å². The first kappa shape index (κ1) is 13.6. The molecular formula is C18H18N2OS. The van der Waals surface area contributed by atoms with Crippen LogP contribution in [0.3, 0.4) is 0 Å². The number of fused-ring (bicyclic) bond motifs is 3. The van der Waals surface area contributed by atoms with Gasteiger partial charge >= 0.3 is 0 Å². The average molecular weight is 310 g/mol. The van der Waals surface area contributed by atoms with Crippen molar-refractivity contribution < 1.29 is 4.74 Å². The van der Waals surface area contributed by atoms with Crippen LogP contribution in [0.1, 0.15) is 34.4 Å². The van der Waals surface area contributed by atoms with Crippen LogP contribution in [0.2, 0.25) is 0 Å². The molecule has 1 aliphatic heterocycles. The standard InChI is InChI=1S/C18H18N2OS/c19-17-16-13-8-4-5-9-14(13)22-18(16)20-15(21-17)11-10-12-6-2-1-3-7-12/h1-3,6-7,10-11,15,19-20H,4-5,8-9H2/b11-10+,19-17?. The minimum atomic E-state index is -0.264. The van der Waals surface area contributed by atoms with Crippen LogP contribution in [-0.2, 0) is 17.6 Å². The molecule has 0 amide bonds. The third-order valence-electron chi connectivity index (χ3n) is 4.18. The molecule has 0 bridgehead atoms. The van der Waals surface area contributed by atoms with Crippen LogP contribution in [0.15, 0.2) is 36.4 Å². The monoisotopic (exact) mass is 310 g/mol. The Hall–Kier alpha value is -2.07. The number of aryl methyl sites for hydroxylation is 1. The van der Waals surface area contributed by atoms with Gasteiger partial charge in [0.15, 0.2) is 6.23 Å². The molecule has 1 aromatic carbocycles. The van der Waals surface area contributed by atoms with E-state index in [0.29, 0.717) is 5.90 Å². The van der Waals surface area contributed by atoms with Gasteiger partial charge in [0.05, 0.1) is 5.56 Å². The van der Waals surface area contributed by atoms with Crippen molar-refractivity contribution in [3.63, 3.8) is 0 Å². The quantitative estimate of drug-likeness (QED) is 0.861. The lowest BCUT2D eigenvalue weighted by molar-refractivity contribution is 0.258. The van der Waals surface area contributed by atoms with Crippen molar-refractivity contribution in [3.8, 4) is 0 Å². The highest BCUT2D eigenvalue weighted by molar-refractivity contribution is 7.16. The summed E-state index contributed by atoms with van der Waals surface area (Å²) < 4.78 is 5.75. The Balaban J connectivity index is 1.58. The van der Waals surface area contributed by atoms with Gasteiger partial charge in [-0.3, -0.25) is 5.41 Å². The molecule has 4 heteroatoms. The molecule has 2 N–H and O–H groups in total. The Morgan fingerprint density at radius 2 is 2.00 bits per heavy atom. The lowest BCUT2D eigenvalue weighted by Gasteiger charge is -2.25. The van der Waals surface area contributed by atoms with E-state index in [0.717, 1.165) is 29.0 Å². The van der Waals surface area contributed by atoms with Crippen molar-refractivity contribution in [1.82, 2.24) is 0 Å². The number of rotatable bonds is 2. The predicted molar refractivity (Wildman–Crippen MR) is 91.8 cm³/mol. The summed E-state index contributed by atoms with van der Waals surface area (Å²) in [6.07, 6.45) is 8.46. The van der Waals surface area contributed by atoms with Gasteiger partial charge < -0.3 is 10.1 Å². The summed E-state index contributed by atoms with van der Waals surface area (Å²) in [5.74, 6) is 0.316. The maximum atomic E-state index is 8.25. The first-order chi connectivity index (χ1) is 10.8. The van der Waals surface area contributed by atoms with Crippen LogP contribution in [-0.4, -0.2) is 12.1 Å². The Morgan fingerprint density at radius 3 is 2.86 bits per heavy atom. The fraction of sp³-hybridized carbons (Fsp3) is 0.278. The highest BCUT2D eigenvalue weighted by Gasteiger charge is 2.29. The summed E-state index contributed by atoms with van der Waals surface area (Å²) in [6, 6.07) is 10.1. The van der Waals surface area contributed by atoms with Gasteiger partial charge in [-0.1, -0.05) is 36.4 Å². The van der Waals surface area contributed by atoms with Gasteiger partial charge in [0, 0.05) is 4.88 Å². The summed E-state index contributed by atoms with van der Waals surface area (Å²) in [5.41, 5.74) is 3.48. The molecule has 1 aromatic heterocycles. The van der Waals surface area contributed by atoms with Crippen molar-refractivity contribution in [2.24, 2.45) is 0 Å². The summed E-state index contributed by atoms with van der Waals surface area (Å²) in [5, 5.41) is 12.8. The third-order valence-corrected chi connectivity index (χ3v) is 5.40. The first-order valence-electron chi connectivity index (χ1n) is 7.71. The molecule has 0 spiro atoms. The van der Waals surface area contributed by atoms with Crippen molar-refractivity contribution in [2.45, 2.75) is 31.9 Å². The highest BCUT2D eigenvalue weighted by atomic mass is 32.1. The number of hydrogen-bond acceptors (Lipinski definition) is 4. The van der Waals surface area contributed by atoms with Gasteiger partial charge in [0.1, 0.15) is 5.00 Å². The maximum absolute atomic E-state index is 8.25. The third kappa shape index (κ3) is 2.44. The van der Waals surface area contributed by atoms with E-state index in [-0.39, 0.29) is 6.23 Å². The molecule has 0 saturated carbocycles. The minimum Gasteiger partial charge on any atom is -0.450 e. The molecule has 1 aliphatic carbocycles. The molecule has 0 saturated heterocycles. The van der Waals surface area contributed by atoms with Gasteiger partial charge in [-0.05, 0) is 42.9 Å². The van der Waals surface area contributed by atoms with Crippen LogP contribution >= 0.6 is 11.3 Å². The maximum Gasteiger partial charge on any atom is 0.218 e. The van der Waals surface area contributed by atoms with Crippen LogP contribution in [0.4, 0.5) is 5.00 Å². The summed E-state index contributed by atoms with van der Waals surface area (Å²) >= 11 is 1.80. The molecule has 0 fully saturated rings. The minimum absolute atomic E-state index is 0.264. The molecule has 3 nitrogen and oxygen atoms in total. The molecule has 2 aromatic rings.